The Labute approximate surface area is 99.0 Å². The molecule has 0 saturated carbocycles. The van der Waals surface area contributed by atoms with E-state index in [4.69, 9.17) is 16.7 Å². The van der Waals surface area contributed by atoms with Crippen molar-refractivity contribution >= 4 is 17.6 Å². The van der Waals surface area contributed by atoms with E-state index in [2.05, 4.69) is 13.8 Å². The van der Waals surface area contributed by atoms with Crippen molar-refractivity contribution in [2.24, 2.45) is 0 Å². The number of alkyl halides is 1. The molecule has 0 aliphatic rings. The highest BCUT2D eigenvalue weighted by molar-refractivity contribution is 6.20. The monoisotopic (exact) mass is 236 g/mol. The summed E-state index contributed by atoms with van der Waals surface area (Å²) in [6.45, 7) is 6.41. The molecule has 0 aliphatic heterocycles. The molecule has 0 heterocycles. The van der Waals surface area contributed by atoms with E-state index in [1.807, 2.05) is 6.92 Å². The van der Waals surface area contributed by atoms with Crippen LogP contribution in [0, 0.1) is 0 Å². The molecule has 0 aliphatic carbocycles. The zero-order valence-electron chi connectivity index (χ0n) is 10.3. The largest absolute Gasteiger partial charge is 0.481 e. The minimum atomic E-state index is -0.769. The number of carboxylic acids is 1. The third-order valence-corrected chi connectivity index (χ3v) is 2.60. The van der Waals surface area contributed by atoms with Crippen molar-refractivity contribution in [1.82, 2.24) is 0 Å². The molecule has 1 N–H and O–H groups in total. The van der Waals surface area contributed by atoms with Gasteiger partial charge >= 0.3 is 5.97 Å². The van der Waals surface area contributed by atoms with E-state index in [0.717, 1.165) is 6.42 Å². The van der Waals surface area contributed by atoms with Crippen LogP contribution < -0.4 is 0 Å². The van der Waals surface area contributed by atoms with Crippen LogP contribution in [-0.4, -0.2) is 16.5 Å². The summed E-state index contributed by atoms with van der Waals surface area (Å²) >= 11 is 5.65. The minimum Gasteiger partial charge on any atom is -0.481 e. The lowest BCUT2D eigenvalue weighted by Crippen LogP contribution is -2.01. The third-order valence-electron chi connectivity index (χ3n) is 2.07. The van der Waals surface area contributed by atoms with Gasteiger partial charge in [-0.25, -0.2) is 0 Å². The fourth-order valence-corrected chi connectivity index (χ4v) is 1.09. The second kappa shape index (κ2) is 13.8. The van der Waals surface area contributed by atoms with E-state index < -0.39 is 5.97 Å². The molecule has 0 aromatic rings. The smallest absolute Gasteiger partial charge is 0.303 e. The number of rotatable bonds is 7. The summed E-state index contributed by atoms with van der Waals surface area (Å²) in [6.07, 6.45) is 7.14. The second-order valence-corrected chi connectivity index (χ2v) is 4.26. The van der Waals surface area contributed by atoms with Gasteiger partial charge in [0, 0.05) is 11.8 Å². The summed E-state index contributed by atoms with van der Waals surface area (Å²) in [5.41, 5.74) is 0. The van der Waals surface area contributed by atoms with Crippen molar-refractivity contribution in [3.8, 4) is 0 Å². The molecule has 0 radical (unpaired) electrons. The van der Waals surface area contributed by atoms with Crippen LogP contribution in [0.15, 0.2) is 0 Å². The number of carbonyl (C=O) groups is 1. The molecule has 1 atom stereocenters. The topological polar surface area (TPSA) is 37.3 Å². The van der Waals surface area contributed by atoms with Crippen molar-refractivity contribution in [1.29, 1.82) is 0 Å². The summed E-state index contributed by atoms with van der Waals surface area (Å²) in [4.78, 5) is 9.96. The number of hydrogen-bond acceptors (Lipinski definition) is 1. The van der Waals surface area contributed by atoms with E-state index in [-0.39, 0.29) is 11.8 Å². The highest BCUT2D eigenvalue weighted by Crippen LogP contribution is 2.08. The summed E-state index contributed by atoms with van der Waals surface area (Å²) in [6, 6.07) is 0. The van der Waals surface area contributed by atoms with Gasteiger partial charge in [-0.1, -0.05) is 46.5 Å². The zero-order valence-corrected chi connectivity index (χ0v) is 11.0. The quantitative estimate of drug-likeness (QED) is 0.524. The van der Waals surface area contributed by atoms with E-state index in [9.17, 15) is 4.79 Å². The molecule has 0 aromatic heterocycles. The highest BCUT2D eigenvalue weighted by atomic mass is 35.5. The Bertz CT molecular complexity index is 134. The van der Waals surface area contributed by atoms with E-state index >= 15 is 0 Å². The number of halogens is 1. The Morgan fingerprint density at radius 1 is 1.20 bits per heavy atom. The lowest BCUT2D eigenvalue weighted by atomic mass is 10.2. The molecule has 0 aromatic carbocycles. The molecule has 0 amide bonds. The Morgan fingerprint density at radius 3 is 1.93 bits per heavy atom. The fourth-order valence-electron chi connectivity index (χ4n) is 0.984. The minimum absolute atomic E-state index is 0.0288. The lowest BCUT2D eigenvalue weighted by Gasteiger charge is -2.00. The van der Waals surface area contributed by atoms with Crippen molar-refractivity contribution < 1.29 is 9.90 Å². The van der Waals surface area contributed by atoms with Crippen molar-refractivity contribution in [2.45, 2.75) is 71.1 Å². The molecule has 92 valence electrons. The first-order valence-electron chi connectivity index (χ1n) is 5.94. The Kier molecular flexibility index (Phi) is 15.7. The second-order valence-electron chi connectivity index (χ2n) is 3.65. The molecule has 0 rings (SSSR count). The van der Waals surface area contributed by atoms with Crippen LogP contribution in [0.1, 0.15) is 65.7 Å². The predicted octanol–water partition coefficient (Wildman–Crippen LogP) is 4.46. The maximum absolute atomic E-state index is 9.96. The molecular formula is C12H25ClO2. The maximum Gasteiger partial charge on any atom is 0.303 e. The van der Waals surface area contributed by atoms with Gasteiger partial charge < -0.3 is 5.11 Å². The molecule has 0 bridgehead atoms. The van der Waals surface area contributed by atoms with Gasteiger partial charge in [-0.15, -0.1) is 11.6 Å². The zero-order chi connectivity index (χ0) is 12.1. The van der Waals surface area contributed by atoms with Crippen LogP contribution in [0.4, 0.5) is 0 Å². The summed E-state index contributed by atoms with van der Waals surface area (Å²) < 4.78 is 0. The first-order valence-corrected chi connectivity index (χ1v) is 6.37. The summed E-state index contributed by atoms with van der Waals surface area (Å²) in [7, 11) is 0. The van der Waals surface area contributed by atoms with Crippen LogP contribution in [0.5, 0.6) is 0 Å². The number of aliphatic carboxylic acids is 1. The van der Waals surface area contributed by atoms with Crippen LogP contribution in [0.2, 0.25) is 0 Å². The van der Waals surface area contributed by atoms with Gasteiger partial charge in [0.25, 0.3) is 0 Å². The van der Waals surface area contributed by atoms with Gasteiger partial charge in [0.15, 0.2) is 0 Å². The summed E-state index contributed by atoms with van der Waals surface area (Å²) in [5.74, 6) is -0.769. The van der Waals surface area contributed by atoms with Crippen LogP contribution in [0.25, 0.3) is 0 Å². The Balaban J connectivity index is 0. The Morgan fingerprint density at radius 2 is 1.67 bits per heavy atom. The standard InChI is InChI=1S/C6H11ClO2.C6H14/c1-2-5(7)3-4-6(8)9;1-3-5-6-4-2/h5H,2-4H2,1H3,(H,8,9);3-6H2,1-2H3. The van der Waals surface area contributed by atoms with Gasteiger partial charge in [-0.3, -0.25) is 4.79 Å². The Hall–Kier alpha value is -0.240. The van der Waals surface area contributed by atoms with Crippen molar-refractivity contribution in [2.75, 3.05) is 0 Å². The SMILES string of the molecule is CCC(Cl)CCC(=O)O.CCCCCC. The fraction of sp³-hybridized carbons (Fsp3) is 0.917. The predicted molar refractivity (Wildman–Crippen MR) is 66.6 cm³/mol. The van der Waals surface area contributed by atoms with Crippen LogP contribution in [-0.2, 0) is 4.79 Å². The van der Waals surface area contributed by atoms with Gasteiger partial charge in [-0.05, 0) is 12.8 Å². The van der Waals surface area contributed by atoms with E-state index in [1.165, 1.54) is 25.7 Å². The molecule has 0 fully saturated rings. The highest BCUT2D eigenvalue weighted by Gasteiger charge is 2.03. The molecule has 1 unspecified atom stereocenters. The van der Waals surface area contributed by atoms with Gasteiger partial charge in [0.1, 0.15) is 0 Å². The van der Waals surface area contributed by atoms with Gasteiger partial charge in [0.05, 0.1) is 0 Å². The molecule has 0 saturated heterocycles. The molecule has 3 heteroatoms. The molecule has 0 spiro atoms. The van der Waals surface area contributed by atoms with Crippen LogP contribution >= 0.6 is 11.6 Å². The number of hydrogen-bond donors (Lipinski definition) is 1. The normalized spacial score (nSPS) is 11.5. The first kappa shape index (κ1) is 17.2. The summed E-state index contributed by atoms with van der Waals surface area (Å²) in [5, 5.41) is 8.23. The molecule has 15 heavy (non-hydrogen) atoms. The van der Waals surface area contributed by atoms with Gasteiger partial charge in [0.2, 0.25) is 0 Å². The van der Waals surface area contributed by atoms with Crippen LogP contribution in [0.3, 0.4) is 0 Å². The lowest BCUT2D eigenvalue weighted by molar-refractivity contribution is -0.137. The van der Waals surface area contributed by atoms with Crippen molar-refractivity contribution in [3.05, 3.63) is 0 Å². The number of unbranched alkanes of at least 4 members (excludes halogenated alkanes) is 3. The average Bonchev–Trinajstić information content (AvgIpc) is 2.23. The number of carboxylic acid groups (broad SMARTS) is 1. The molecule has 2 nitrogen and oxygen atoms in total. The van der Waals surface area contributed by atoms with Crippen molar-refractivity contribution in [3.63, 3.8) is 0 Å². The van der Waals surface area contributed by atoms with Gasteiger partial charge in [-0.2, -0.15) is 0 Å². The average molecular weight is 237 g/mol. The first-order chi connectivity index (χ1) is 7.08. The third kappa shape index (κ3) is 20.0. The van der Waals surface area contributed by atoms with E-state index in [1.54, 1.807) is 0 Å². The molecular weight excluding hydrogens is 212 g/mol. The van der Waals surface area contributed by atoms with E-state index in [0.29, 0.717) is 6.42 Å². The maximum atomic E-state index is 9.96.